The number of benzene rings is 3. The van der Waals surface area contributed by atoms with E-state index in [-0.39, 0.29) is 17.0 Å². The van der Waals surface area contributed by atoms with E-state index in [1.807, 2.05) is 6.92 Å². The molecular formula is C25H20F2N2O3. The molecule has 0 atom stereocenters. The van der Waals surface area contributed by atoms with Crippen LogP contribution < -0.4 is 15.0 Å². The fourth-order valence-electron chi connectivity index (χ4n) is 3.40. The molecule has 4 rings (SSSR count). The number of imide groups is 1. The van der Waals surface area contributed by atoms with Crippen LogP contribution in [0.5, 0.6) is 5.75 Å². The lowest BCUT2D eigenvalue weighted by Crippen LogP contribution is -2.32. The molecule has 0 saturated heterocycles. The van der Waals surface area contributed by atoms with Gasteiger partial charge in [-0.05, 0) is 36.2 Å². The van der Waals surface area contributed by atoms with Crippen LogP contribution in [0.4, 0.5) is 20.2 Å². The average Bonchev–Trinajstić information content (AvgIpc) is 3.04. The zero-order valence-corrected chi connectivity index (χ0v) is 17.3. The van der Waals surface area contributed by atoms with E-state index in [4.69, 9.17) is 4.74 Å². The van der Waals surface area contributed by atoms with Crippen LogP contribution in [0.2, 0.25) is 0 Å². The Kier molecular flexibility index (Phi) is 5.98. The van der Waals surface area contributed by atoms with Crippen LogP contribution in [-0.4, -0.2) is 18.4 Å². The van der Waals surface area contributed by atoms with E-state index in [9.17, 15) is 18.4 Å². The summed E-state index contributed by atoms with van der Waals surface area (Å²) in [5.74, 6) is -2.89. The Morgan fingerprint density at radius 3 is 2.38 bits per heavy atom. The second-order valence-corrected chi connectivity index (χ2v) is 7.16. The van der Waals surface area contributed by atoms with Crippen molar-refractivity contribution in [2.24, 2.45) is 0 Å². The molecule has 2 amide bonds. The van der Waals surface area contributed by atoms with Crippen molar-refractivity contribution in [3.05, 3.63) is 95.7 Å². The SMILES string of the molecule is CCCOc1cccc(NC2=C(c3ccccc3)C(=O)N(c3ccc(F)c(F)c3)C2=O)c1. The molecule has 0 fully saturated rings. The van der Waals surface area contributed by atoms with Gasteiger partial charge in [0.2, 0.25) is 0 Å². The van der Waals surface area contributed by atoms with Crippen molar-refractivity contribution in [2.45, 2.75) is 13.3 Å². The van der Waals surface area contributed by atoms with Gasteiger partial charge in [-0.2, -0.15) is 0 Å². The van der Waals surface area contributed by atoms with Crippen LogP contribution in [0.25, 0.3) is 5.57 Å². The number of hydrogen-bond acceptors (Lipinski definition) is 4. The van der Waals surface area contributed by atoms with Gasteiger partial charge in [-0.3, -0.25) is 9.59 Å². The lowest BCUT2D eigenvalue weighted by Gasteiger charge is -2.16. The first-order valence-corrected chi connectivity index (χ1v) is 10.1. The van der Waals surface area contributed by atoms with Crippen LogP contribution in [0.15, 0.2) is 78.5 Å². The second-order valence-electron chi connectivity index (χ2n) is 7.16. The van der Waals surface area contributed by atoms with E-state index in [1.165, 1.54) is 6.07 Å². The number of carbonyl (C=O) groups excluding carboxylic acids is 2. The maximum absolute atomic E-state index is 13.8. The van der Waals surface area contributed by atoms with Crippen molar-refractivity contribution in [1.29, 1.82) is 0 Å². The molecule has 0 saturated carbocycles. The second kappa shape index (κ2) is 9.01. The molecular weight excluding hydrogens is 414 g/mol. The van der Waals surface area contributed by atoms with Crippen LogP contribution in [0.3, 0.4) is 0 Å². The van der Waals surface area contributed by atoms with Gasteiger partial charge in [0.1, 0.15) is 11.4 Å². The molecule has 162 valence electrons. The highest BCUT2D eigenvalue weighted by Crippen LogP contribution is 2.34. The van der Waals surface area contributed by atoms with Crippen LogP contribution in [0.1, 0.15) is 18.9 Å². The Morgan fingerprint density at radius 2 is 1.66 bits per heavy atom. The fraction of sp³-hybridized carbons (Fsp3) is 0.120. The molecule has 3 aromatic carbocycles. The molecule has 3 aromatic rings. The molecule has 1 aliphatic rings. The number of anilines is 2. The van der Waals surface area contributed by atoms with Gasteiger partial charge in [0.05, 0.1) is 17.9 Å². The Morgan fingerprint density at radius 1 is 0.875 bits per heavy atom. The molecule has 0 aliphatic carbocycles. The molecule has 7 heteroatoms. The Hall–Kier alpha value is -4.00. The van der Waals surface area contributed by atoms with Gasteiger partial charge in [-0.15, -0.1) is 0 Å². The Labute approximate surface area is 183 Å². The number of amides is 2. The van der Waals surface area contributed by atoms with Crippen molar-refractivity contribution < 1.29 is 23.1 Å². The predicted molar refractivity (Wildman–Crippen MR) is 118 cm³/mol. The lowest BCUT2D eigenvalue weighted by atomic mass is 10.0. The minimum atomic E-state index is -1.15. The van der Waals surface area contributed by atoms with Crippen molar-refractivity contribution in [1.82, 2.24) is 0 Å². The first kappa shape index (κ1) is 21.2. The third-order valence-corrected chi connectivity index (χ3v) is 4.88. The molecule has 0 bridgehead atoms. The van der Waals surface area contributed by atoms with E-state index in [0.29, 0.717) is 23.6 Å². The number of hydrogen-bond donors (Lipinski definition) is 1. The fourth-order valence-corrected chi connectivity index (χ4v) is 3.40. The zero-order valence-electron chi connectivity index (χ0n) is 17.3. The summed E-state index contributed by atoms with van der Waals surface area (Å²) in [6.07, 6.45) is 0.844. The molecule has 0 radical (unpaired) electrons. The molecule has 1 aliphatic heterocycles. The number of carbonyl (C=O) groups is 2. The normalized spacial score (nSPS) is 13.7. The van der Waals surface area contributed by atoms with Crippen molar-refractivity contribution in [3.8, 4) is 5.75 Å². The van der Waals surface area contributed by atoms with Gasteiger partial charge in [-0.1, -0.05) is 43.3 Å². The smallest absolute Gasteiger partial charge is 0.282 e. The minimum absolute atomic E-state index is 0.0403. The summed E-state index contributed by atoms with van der Waals surface area (Å²) in [5, 5.41) is 3.03. The first-order chi connectivity index (χ1) is 15.5. The highest BCUT2D eigenvalue weighted by Gasteiger charge is 2.40. The largest absolute Gasteiger partial charge is 0.494 e. The monoisotopic (exact) mass is 434 g/mol. The molecule has 0 spiro atoms. The molecule has 1 N–H and O–H groups in total. The summed E-state index contributed by atoms with van der Waals surface area (Å²) >= 11 is 0. The number of rotatable bonds is 7. The molecule has 5 nitrogen and oxygen atoms in total. The van der Waals surface area contributed by atoms with E-state index >= 15 is 0 Å². The number of nitrogens with one attached hydrogen (secondary N) is 1. The summed E-state index contributed by atoms with van der Waals surface area (Å²) in [4.78, 5) is 27.4. The Bertz CT molecular complexity index is 1210. The van der Waals surface area contributed by atoms with Gasteiger partial charge in [0.15, 0.2) is 11.6 Å². The number of ether oxygens (including phenoxy) is 1. The summed E-state index contributed by atoms with van der Waals surface area (Å²) in [7, 11) is 0. The topological polar surface area (TPSA) is 58.6 Å². The van der Waals surface area contributed by atoms with Gasteiger partial charge in [0, 0.05) is 17.8 Å². The Balaban J connectivity index is 1.76. The van der Waals surface area contributed by atoms with Gasteiger partial charge in [0.25, 0.3) is 11.8 Å². The number of nitrogens with zero attached hydrogens (tertiary/aromatic N) is 1. The van der Waals surface area contributed by atoms with Crippen LogP contribution >= 0.6 is 0 Å². The maximum Gasteiger partial charge on any atom is 0.282 e. The van der Waals surface area contributed by atoms with E-state index in [0.717, 1.165) is 23.5 Å². The predicted octanol–water partition coefficient (Wildman–Crippen LogP) is 5.15. The molecule has 0 aromatic heterocycles. The lowest BCUT2D eigenvalue weighted by molar-refractivity contribution is -0.120. The summed E-state index contributed by atoms with van der Waals surface area (Å²) < 4.78 is 32.9. The zero-order chi connectivity index (χ0) is 22.7. The standard InChI is InChI=1S/C25H20F2N2O3/c1-2-13-32-19-10-6-9-17(14-19)28-23-22(16-7-4-3-5-8-16)24(30)29(25(23)31)18-11-12-20(26)21(27)15-18/h3-12,14-15,28H,2,13H2,1H3. The van der Waals surface area contributed by atoms with Crippen molar-refractivity contribution in [2.75, 3.05) is 16.8 Å². The molecule has 32 heavy (non-hydrogen) atoms. The van der Waals surface area contributed by atoms with Crippen molar-refractivity contribution >= 4 is 28.8 Å². The van der Waals surface area contributed by atoms with Crippen LogP contribution in [0, 0.1) is 11.6 Å². The van der Waals surface area contributed by atoms with Gasteiger partial charge >= 0.3 is 0 Å². The third-order valence-electron chi connectivity index (χ3n) is 4.88. The van der Waals surface area contributed by atoms with Crippen molar-refractivity contribution in [3.63, 3.8) is 0 Å². The highest BCUT2D eigenvalue weighted by atomic mass is 19.2. The van der Waals surface area contributed by atoms with Crippen LogP contribution in [-0.2, 0) is 9.59 Å². The average molecular weight is 434 g/mol. The summed E-state index contributed by atoms with van der Waals surface area (Å²) in [5.41, 5.74) is 1.20. The first-order valence-electron chi connectivity index (χ1n) is 10.1. The number of halogens is 2. The van der Waals surface area contributed by atoms with E-state index in [1.54, 1.807) is 54.6 Å². The van der Waals surface area contributed by atoms with Gasteiger partial charge < -0.3 is 10.1 Å². The third kappa shape index (κ3) is 4.09. The maximum atomic E-state index is 13.8. The highest BCUT2D eigenvalue weighted by molar-refractivity contribution is 6.46. The summed E-state index contributed by atoms with van der Waals surface area (Å²) in [6.45, 7) is 2.54. The minimum Gasteiger partial charge on any atom is -0.494 e. The van der Waals surface area contributed by atoms with E-state index < -0.39 is 23.4 Å². The molecule has 0 unspecified atom stereocenters. The van der Waals surface area contributed by atoms with E-state index in [2.05, 4.69) is 5.32 Å². The summed E-state index contributed by atoms with van der Waals surface area (Å²) in [6, 6.07) is 18.6. The molecule has 1 heterocycles. The quantitative estimate of drug-likeness (QED) is 0.523. The van der Waals surface area contributed by atoms with Gasteiger partial charge in [-0.25, -0.2) is 13.7 Å².